The number of primary sulfonamides is 1. The van der Waals surface area contributed by atoms with E-state index in [1.807, 2.05) is 6.92 Å². The lowest BCUT2D eigenvalue weighted by atomic mass is 10.4. The molecule has 0 atom stereocenters. The standard InChI is InChI=1S/C9H17N5O4S/c1-2-4-14-7(10)6(8(15)13-9(14)16)12-3-5-19(11,17)18/h12H,2-5,10H2,1H3,(H2,11,17,18)(H,13,15,16). The molecule has 0 bridgehead atoms. The van der Waals surface area contributed by atoms with Crippen LogP contribution in [0.1, 0.15) is 13.3 Å². The molecule has 0 unspecified atom stereocenters. The van der Waals surface area contributed by atoms with Crippen molar-refractivity contribution in [3.05, 3.63) is 20.8 Å². The van der Waals surface area contributed by atoms with Crippen LogP contribution in [0.2, 0.25) is 0 Å². The van der Waals surface area contributed by atoms with Crippen LogP contribution in [0.4, 0.5) is 11.5 Å². The third kappa shape index (κ3) is 4.10. The van der Waals surface area contributed by atoms with Crippen molar-refractivity contribution in [2.45, 2.75) is 19.9 Å². The highest BCUT2D eigenvalue weighted by atomic mass is 32.2. The number of nitrogens with one attached hydrogen (secondary N) is 2. The highest BCUT2D eigenvalue weighted by Crippen LogP contribution is 2.09. The number of hydrogen-bond donors (Lipinski definition) is 4. The zero-order valence-electron chi connectivity index (χ0n) is 10.5. The van der Waals surface area contributed by atoms with Gasteiger partial charge in [-0.15, -0.1) is 0 Å². The van der Waals surface area contributed by atoms with Crippen molar-refractivity contribution in [2.24, 2.45) is 5.14 Å². The number of H-pyrrole nitrogens is 1. The molecule has 0 aliphatic rings. The lowest BCUT2D eigenvalue weighted by Gasteiger charge is -2.12. The molecule has 0 radical (unpaired) electrons. The molecule has 0 aliphatic heterocycles. The van der Waals surface area contributed by atoms with Gasteiger partial charge in [-0.1, -0.05) is 6.92 Å². The average Bonchev–Trinajstić information content (AvgIpc) is 2.27. The summed E-state index contributed by atoms with van der Waals surface area (Å²) in [5, 5.41) is 7.41. The summed E-state index contributed by atoms with van der Waals surface area (Å²) in [7, 11) is -3.63. The van der Waals surface area contributed by atoms with E-state index in [9.17, 15) is 18.0 Å². The lowest BCUT2D eigenvalue weighted by molar-refractivity contribution is 0.598. The van der Waals surface area contributed by atoms with E-state index >= 15 is 0 Å². The Morgan fingerprint density at radius 1 is 1.37 bits per heavy atom. The van der Waals surface area contributed by atoms with Crippen molar-refractivity contribution in [2.75, 3.05) is 23.3 Å². The number of aromatic amines is 1. The van der Waals surface area contributed by atoms with E-state index in [4.69, 9.17) is 10.9 Å². The fraction of sp³-hybridized carbons (Fsp3) is 0.556. The van der Waals surface area contributed by atoms with E-state index in [1.54, 1.807) is 0 Å². The number of sulfonamides is 1. The van der Waals surface area contributed by atoms with Gasteiger partial charge < -0.3 is 11.1 Å². The molecule has 108 valence electrons. The van der Waals surface area contributed by atoms with Crippen LogP contribution in [-0.4, -0.2) is 30.3 Å². The molecule has 0 spiro atoms. The molecule has 1 rings (SSSR count). The van der Waals surface area contributed by atoms with Crippen LogP contribution in [0.25, 0.3) is 0 Å². The maximum absolute atomic E-state index is 11.6. The number of nitrogen functional groups attached to an aromatic ring is 1. The molecule has 1 aromatic heterocycles. The topological polar surface area (TPSA) is 153 Å². The number of rotatable bonds is 6. The maximum atomic E-state index is 11.6. The number of anilines is 2. The normalized spacial score (nSPS) is 11.5. The molecular formula is C9H17N5O4S. The van der Waals surface area contributed by atoms with Crippen molar-refractivity contribution in [1.82, 2.24) is 9.55 Å². The van der Waals surface area contributed by atoms with Gasteiger partial charge in [-0.05, 0) is 6.42 Å². The van der Waals surface area contributed by atoms with Gasteiger partial charge in [0.2, 0.25) is 10.0 Å². The quantitative estimate of drug-likeness (QED) is 0.486. The summed E-state index contributed by atoms with van der Waals surface area (Å²) in [6, 6.07) is 0. The molecule has 0 fully saturated rings. The monoisotopic (exact) mass is 291 g/mol. The van der Waals surface area contributed by atoms with Gasteiger partial charge in [0.1, 0.15) is 11.5 Å². The number of nitrogens with two attached hydrogens (primary N) is 2. The minimum Gasteiger partial charge on any atom is -0.383 e. The Labute approximate surface area is 109 Å². The third-order valence-corrected chi connectivity index (χ3v) is 3.15. The largest absolute Gasteiger partial charge is 0.383 e. The Morgan fingerprint density at radius 2 is 2.00 bits per heavy atom. The van der Waals surface area contributed by atoms with Gasteiger partial charge in [-0.25, -0.2) is 18.4 Å². The first-order chi connectivity index (χ1) is 8.76. The molecule has 0 aliphatic carbocycles. The minimum absolute atomic E-state index is 0.0231. The van der Waals surface area contributed by atoms with Crippen molar-refractivity contribution in [1.29, 1.82) is 0 Å². The Balaban J connectivity index is 3.04. The van der Waals surface area contributed by atoms with Crippen molar-refractivity contribution in [3.63, 3.8) is 0 Å². The van der Waals surface area contributed by atoms with Gasteiger partial charge in [-0.2, -0.15) is 0 Å². The molecule has 1 heterocycles. The smallest absolute Gasteiger partial charge is 0.330 e. The zero-order valence-corrected chi connectivity index (χ0v) is 11.3. The van der Waals surface area contributed by atoms with E-state index in [1.165, 1.54) is 4.57 Å². The van der Waals surface area contributed by atoms with E-state index in [-0.39, 0.29) is 23.8 Å². The molecule has 1 aromatic rings. The first-order valence-corrected chi connectivity index (χ1v) is 7.34. The molecule has 0 saturated heterocycles. The number of aromatic nitrogens is 2. The van der Waals surface area contributed by atoms with Crippen LogP contribution in [0.5, 0.6) is 0 Å². The fourth-order valence-electron chi connectivity index (χ4n) is 1.52. The van der Waals surface area contributed by atoms with Gasteiger partial charge in [0.15, 0.2) is 0 Å². The highest BCUT2D eigenvalue weighted by molar-refractivity contribution is 7.89. The second-order valence-corrected chi connectivity index (χ2v) is 5.70. The summed E-state index contributed by atoms with van der Waals surface area (Å²) in [5.41, 5.74) is 4.40. The first-order valence-electron chi connectivity index (χ1n) is 5.63. The molecule has 0 amide bonds. The van der Waals surface area contributed by atoms with Gasteiger partial charge in [0.25, 0.3) is 5.56 Å². The Bertz CT molecular complexity index is 660. The van der Waals surface area contributed by atoms with Gasteiger partial charge in [-0.3, -0.25) is 14.3 Å². The average molecular weight is 291 g/mol. The number of hydrogen-bond acceptors (Lipinski definition) is 6. The van der Waals surface area contributed by atoms with Crippen LogP contribution in [0, 0.1) is 0 Å². The molecule has 9 nitrogen and oxygen atoms in total. The molecule has 19 heavy (non-hydrogen) atoms. The maximum Gasteiger partial charge on any atom is 0.330 e. The van der Waals surface area contributed by atoms with Crippen LogP contribution < -0.4 is 27.4 Å². The summed E-state index contributed by atoms with van der Waals surface area (Å²) < 4.78 is 22.8. The van der Waals surface area contributed by atoms with Crippen molar-refractivity contribution >= 4 is 21.5 Å². The zero-order chi connectivity index (χ0) is 14.6. The predicted octanol–water partition coefficient (Wildman–Crippen LogP) is -1.77. The number of nitrogens with zero attached hydrogens (tertiary/aromatic N) is 1. The first kappa shape index (κ1) is 15.2. The Hall–Kier alpha value is -1.81. The lowest BCUT2D eigenvalue weighted by Crippen LogP contribution is -2.35. The fourth-order valence-corrected chi connectivity index (χ4v) is 1.91. The van der Waals surface area contributed by atoms with E-state index < -0.39 is 21.3 Å². The van der Waals surface area contributed by atoms with Crippen LogP contribution in [-0.2, 0) is 16.6 Å². The van der Waals surface area contributed by atoms with E-state index in [0.29, 0.717) is 13.0 Å². The molecule has 0 saturated carbocycles. The second kappa shape index (κ2) is 5.89. The summed E-state index contributed by atoms with van der Waals surface area (Å²) in [6.07, 6.45) is 0.659. The molecule has 10 heteroatoms. The Morgan fingerprint density at radius 3 is 2.53 bits per heavy atom. The summed E-state index contributed by atoms with van der Waals surface area (Å²) in [5.74, 6) is -0.372. The van der Waals surface area contributed by atoms with Gasteiger partial charge >= 0.3 is 5.69 Å². The summed E-state index contributed by atoms with van der Waals surface area (Å²) in [6.45, 7) is 2.13. The SMILES string of the molecule is CCCn1c(N)c(NCCS(N)(=O)=O)c(=O)[nH]c1=O. The predicted molar refractivity (Wildman–Crippen MR) is 72.5 cm³/mol. The summed E-state index contributed by atoms with van der Waals surface area (Å²) in [4.78, 5) is 25.2. The van der Waals surface area contributed by atoms with E-state index in [2.05, 4.69) is 10.3 Å². The van der Waals surface area contributed by atoms with Gasteiger partial charge in [0, 0.05) is 13.1 Å². The Kier molecular flexibility index (Phi) is 4.72. The molecular weight excluding hydrogens is 274 g/mol. The van der Waals surface area contributed by atoms with Crippen LogP contribution >= 0.6 is 0 Å². The van der Waals surface area contributed by atoms with Gasteiger partial charge in [0.05, 0.1) is 5.75 Å². The molecule has 0 aromatic carbocycles. The summed E-state index contributed by atoms with van der Waals surface area (Å²) >= 11 is 0. The van der Waals surface area contributed by atoms with Crippen LogP contribution in [0.3, 0.4) is 0 Å². The van der Waals surface area contributed by atoms with Crippen molar-refractivity contribution in [3.8, 4) is 0 Å². The minimum atomic E-state index is -3.63. The highest BCUT2D eigenvalue weighted by Gasteiger charge is 2.12. The van der Waals surface area contributed by atoms with Crippen LogP contribution in [0.15, 0.2) is 9.59 Å². The third-order valence-electron chi connectivity index (χ3n) is 2.38. The van der Waals surface area contributed by atoms with Crippen molar-refractivity contribution < 1.29 is 8.42 Å². The van der Waals surface area contributed by atoms with E-state index in [0.717, 1.165) is 0 Å². The second-order valence-electron chi connectivity index (χ2n) is 3.96. The molecule has 6 N–H and O–H groups in total.